The molecule has 0 saturated heterocycles. The van der Waals surface area contributed by atoms with E-state index >= 15 is 0 Å². The number of hydrogen-bond donors (Lipinski definition) is 1. The molecule has 0 aliphatic rings. The van der Waals surface area contributed by atoms with E-state index in [0.29, 0.717) is 0 Å². The fraction of sp³-hybridized carbons (Fsp3) is 0.588. The van der Waals surface area contributed by atoms with Crippen LogP contribution in [0.4, 0.5) is 5.69 Å². The van der Waals surface area contributed by atoms with Crippen LogP contribution in [0.3, 0.4) is 0 Å². The van der Waals surface area contributed by atoms with E-state index in [1.165, 1.54) is 5.56 Å². The van der Waals surface area contributed by atoms with Crippen LogP contribution in [0.2, 0.25) is 0 Å². The van der Waals surface area contributed by atoms with Crippen LogP contribution in [0.5, 0.6) is 0 Å². The van der Waals surface area contributed by atoms with Crippen LogP contribution in [0, 0.1) is 11.3 Å². The van der Waals surface area contributed by atoms with Crippen LogP contribution in [-0.4, -0.2) is 45.2 Å². The smallest absolute Gasteiger partial charge is 0.101 e. The number of rotatable bonds is 9. The van der Waals surface area contributed by atoms with E-state index in [4.69, 9.17) is 0 Å². The SMILES string of the molecule is CCNCc1ccc(N(CC)CCCN(C)C)c(C#N)c1. The van der Waals surface area contributed by atoms with Crippen molar-refractivity contribution in [3.8, 4) is 6.07 Å². The fourth-order valence-corrected chi connectivity index (χ4v) is 2.35. The van der Waals surface area contributed by atoms with Crippen molar-refractivity contribution in [2.24, 2.45) is 0 Å². The Morgan fingerprint density at radius 2 is 1.95 bits per heavy atom. The molecule has 0 amide bonds. The maximum atomic E-state index is 9.42. The van der Waals surface area contributed by atoms with Crippen LogP contribution in [-0.2, 0) is 6.54 Å². The van der Waals surface area contributed by atoms with E-state index in [2.05, 4.69) is 61.3 Å². The summed E-state index contributed by atoms with van der Waals surface area (Å²) < 4.78 is 0. The molecule has 0 aromatic heterocycles. The minimum Gasteiger partial charge on any atom is -0.371 e. The molecule has 1 N–H and O–H groups in total. The second-order valence-electron chi connectivity index (χ2n) is 5.48. The van der Waals surface area contributed by atoms with Gasteiger partial charge in [0.25, 0.3) is 0 Å². The van der Waals surface area contributed by atoms with E-state index in [1.54, 1.807) is 0 Å². The van der Waals surface area contributed by atoms with E-state index < -0.39 is 0 Å². The highest BCUT2D eigenvalue weighted by Gasteiger charge is 2.10. The molecule has 0 saturated carbocycles. The second-order valence-corrected chi connectivity index (χ2v) is 5.48. The molecule has 1 aromatic carbocycles. The monoisotopic (exact) mass is 288 g/mol. The summed E-state index contributed by atoms with van der Waals surface area (Å²) in [6, 6.07) is 8.56. The van der Waals surface area contributed by atoms with Crippen molar-refractivity contribution < 1.29 is 0 Å². The highest BCUT2D eigenvalue weighted by molar-refractivity contribution is 5.60. The normalized spacial score (nSPS) is 10.7. The van der Waals surface area contributed by atoms with Gasteiger partial charge < -0.3 is 15.1 Å². The third-order valence-electron chi connectivity index (χ3n) is 3.52. The topological polar surface area (TPSA) is 42.3 Å². The maximum Gasteiger partial charge on any atom is 0.101 e. The predicted octanol–water partition coefficient (Wildman–Crippen LogP) is 2.45. The first-order valence-electron chi connectivity index (χ1n) is 7.75. The zero-order valence-corrected chi connectivity index (χ0v) is 13.8. The number of anilines is 1. The molecule has 0 heterocycles. The van der Waals surface area contributed by atoms with Gasteiger partial charge in [-0.05, 0) is 58.2 Å². The number of nitriles is 1. The van der Waals surface area contributed by atoms with Gasteiger partial charge in [-0.15, -0.1) is 0 Å². The fourth-order valence-electron chi connectivity index (χ4n) is 2.35. The quantitative estimate of drug-likeness (QED) is 0.758. The van der Waals surface area contributed by atoms with Crippen LogP contribution in [0.25, 0.3) is 0 Å². The van der Waals surface area contributed by atoms with Crippen LogP contribution in [0.1, 0.15) is 31.4 Å². The summed E-state index contributed by atoms with van der Waals surface area (Å²) in [5, 5.41) is 12.7. The third-order valence-corrected chi connectivity index (χ3v) is 3.52. The van der Waals surface area contributed by atoms with Gasteiger partial charge in [0.15, 0.2) is 0 Å². The van der Waals surface area contributed by atoms with Crippen LogP contribution >= 0.6 is 0 Å². The standard InChI is InChI=1S/C17H28N4/c1-5-19-14-15-8-9-17(16(12-15)13-18)21(6-2)11-7-10-20(3)4/h8-9,12,19H,5-7,10-11,14H2,1-4H3. The molecule has 0 aliphatic heterocycles. The van der Waals surface area contributed by atoms with Crippen molar-refractivity contribution in [2.75, 3.05) is 45.2 Å². The summed E-state index contributed by atoms with van der Waals surface area (Å²) in [5.41, 5.74) is 3.00. The first-order valence-corrected chi connectivity index (χ1v) is 7.75. The molecule has 0 radical (unpaired) electrons. The van der Waals surface area contributed by atoms with Crippen molar-refractivity contribution in [1.29, 1.82) is 5.26 Å². The van der Waals surface area contributed by atoms with Gasteiger partial charge in [-0.25, -0.2) is 0 Å². The van der Waals surface area contributed by atoms with E-state index in [9.17, 15) is 5.26 Å². The molecule has 1 aromatic rings. The van der Waals surface area contributed by atoms with Crippen molar-refractivity contribution in [1.82, 2.24) is 10.2 Å². The molecule has 1 rings (SSSR count). The molecular weight excluding hydrogens is 260 g/mol. The number of benzene rings is 1. The highest BCUT2D eigenvalue weighted by Crippen LogP contribution is 2.21. The molecule has 116 valence electrons. The lowest BCUT2D eigenvalue weighted by Crippen LogP contribution is -2.27. The molecule has 0 spiro atoms. The maximum absolute atomic E-state index is 9.42. The Bertz CT molecular complexity index is 462. The average Bonchev–Trinajstić information content (AvgIpc) is 2.49. The Kier molecular flexibility index (Phi) is 7.81. The minimum atomic E-state index is 0.775. The van der Waals surface area contributed by atoms with Gasteiger partial charge in [-0.1, -0.05) is 13.0 Å². The van der Waals surface area contributed by atoms with E-state index in [-0.39, 0.29) is 0 Å². The Morgan fingerprint density at radius 1 is 1.19 bits per heavy atom. The lowest BCUT2D eigenvalue weighted by molar-refractivity contribution is 0.400. The lowest BCUT2D eigenvalue weighted by Gasteiger charge is -2.25. The van der Waals surface area contributed by atoms with Crippen LogP contribution < -0.4 is 10.2 Å². The summed E-state index contributed by atoms with van der Waals surface area (Å²) in [6.07, 6.45) is 1.10. The van der Waals surface area contributed by atoms with Gasteiger partial charge in [-0.3, -0.25) is 0 Å². The average molecular weight is 288 g/mol. The highest BCUT2D eigenvalue weighted by atomic mass is 15.1. The lowest BCUT2D eigenvalue weighted by atomic mass is 10.1. The van der Waals surface area contributed by atoms with Gasteiger partial charge in [0.05, 0.1) is 11.3 Å². The molecule has 0 unspecified atom stereocenters. The largest absolute Gasteiger partial charge is 0.371 e. The number of nitrogens with one attached hydrogen (secondary N) is 1. The summed E-state index contributed by atoms with van der Waals surface area (Å²) >= 11 is 0. The molecule has 0 atom stereocenters. The molecule has 0 bridgehead atoms. The van der Waals surface area contributed by atoms with Gasteiger partial charge >= 0.3 is 0 Å². The number of nitrogens with zero attached hydrogens (tertiary/aromatic N) is 3. The van der Waals surface area contributed by atoms with Gasteiger partial charge in [0, 0.05) is 19.6 Å². The second kappa shape index (κ2) is 9.38. The Morgan fingerprint density at radius 3 is 2.52 bits per heavy atom. The Labute approximate surface area is 129 Å². The molecule has 4 nitrogen and oxygen atoms in total. The van der Waals surface area contributed by atoms with Gasteiger partial charge in [0.1, 0.15) is 6.07 Å². The summed E-state index contributed by atoms with van der Waals surface area (Å²) in [6.45, 7) is 8.96. The summed E-state index contributed by atoms with van der Waals surface area (Å²) in [5.74, 6) is 0. The Hall–Kier alpha value is -1.57. The van der Waals surface area contributed by atoms with E-state index in [0.717, 1.165) is 50.4 Å². The molecular formula is C17H28N4. The first kappa shape index (κ1) is 17.5. The van der Waals surface area contributed by atoms with Gasteiger partial charge in [-0.2, -0.15) is 5.26 Å². The predicted molar refractivity (Wildman–Crippen MR) is 89.6 cm³/mol. The zero-order valence-electron chi connectivity index (χ0n) is 13.8. The summed E-state index contributed by atoms with van der Waals surface area (Å²) in [7, 11) is 4.18. The number of hydrogen-bond acceptors (Lipinski definition) is 4. The van der Waals surface area contributed by atoms with Crippen LogP contribution in [0.15, 0.2) is 18.2 Å². The molecule has 4 heteroatoms. The summed E-state index contributed by atoms with van der Waals surface area (Å²) in [4.78, 5) is 4.48. The van der Waals surface area contributed by atoms with Crippen molar-refractivity contribution in [3.63, 3.8) is 0 Å². The molecule has 0 fully saturated rings. The first-order chi connectivity index (χ1) is 10.1. The van der Waals surface area contributed by atoms with E-state index in [1.807, 2.05) is 6.07 Å². The zero-order chi connectivity index (χ0) is 15.7. The third kappa shape index (κ3) is 5.74. The molecule has 21 heavy (non-hydrogen) atoms. The van der Waals surface area contributed by atoms with Gasteiger partial charge in [0.2, 0.25) is 0 Å². The van der Waals surface area contributed by atoms with Crippen molar-refractivity contribution in [3.05, 3.63) is 29.3 Å². The Balaban J connectivity index is 2.81. The van der Waals surface area contributed by atoms with Crippen molar-refractivity contribution in [2.45, 2.75) is 26.8 Å². The minimum absolute atomic E-state index is 0.775. The molecule has 0 aliphatic carbocycles. The van der Waals surface area contributed by atoms with Crippen molar-refractivity contribution >= 4 is 5.69 Å².